The molecule has 2 rings (SSSR count). The van der Waals surface area contributed by atoms with Gasteiger partial charge < -0.3 is 13.9 Å². The molecule has 0 saturated carbocycles. The van der Waals surface area contributed by atoms with Crippen LogP contribution in [-0.2, 0) is 21.8 Å². The molecule has 0 atom stereocenters. The third-order valence-electron chi connectivity index (χ3n) is 5.17. The molecule has 0 aliphatic carbocycles. The van der Waals surface area contributed by atoms with Gasteiger partial charge in [-0.2, -0.15) is 4.31 Å². The molecule has 0 saturated heterocycles. The number of carbonyl (C=O) groups excluding carboxylic acids is 2. The van der Waals surface area contributed by atoms with Gasteiger partial charge in [-0.3, -0.25) is 4.79 Å². The van der Waals surface area contributed by atoms with Crippen LogP contribution in [0.25, 0.3) is 0 Å². The largest absolute Gasteiger partial charge is 0.453 e. The number of aromatic nitrogens is 2. The molecule has 0 unspecified atom stereocenters. The monoisotopic (exact) mass is 437 g/mol. The quantitative estimate of drug-likeness (QED) is 0.444. The Morgan fingerprint density at radius 2 is 1.73 bits per heavy atom. The highest BCUT2D eigenvalue weighted by Gasteiger charge is 2.26. The van der Waals surface area contributed by atoms with Gasteiger partial charge in [0.1, 0.15) is 10.6 Å². The number of hydrogen-bond acceptors (Lipinski definition) is 5. The van der Waals surface area contributed by atoms with Crippen molar-refractivity contribution in [1.29, 1.82) is 0 Å². The third-order valence-corrected chi connectivity index (χ3v) is 7.18. The molecule has 0 aromatic carbocycles. The van der Waals surface area contributed by atoms with Crippen LogP contribution in [0.1, 0.15) is 66.0 Å². The lowest BCUT2D eigenvalue weighted by atomic mass is 10.1. The second kappa shape index (κ2) is 9.18. The Morgan fingerprint density at radius 1 is 1.13 bits per heavy atom. The predicted octanol–water partition coefficient (Wildman–Crippen LogP) is 3.09. The van der Waals surface area contributed by atoms with Crippen molar-refractivity contribution in [2.45, 2.75) is 52.5 Å². The maximum absolute atomic E-state index is 12.7. The number of ketones is 1. The maximum atomic E-state index is 12.7. The average molecular weight is 438 g/mol. The van der Waals surface area contributed by atoms with Crippen molar-refractivity contribution in [1.82, 2.24) is 13.4 Å². The molecular weight excluding hydrogens is 406 g/mol. The second-order valence-corrected chi connectivity index (χ2v) is 9.45. The van der Waals surface area contributed by atoms with Crippen molar-refractivity contribution in [3.8, 4) is 0 Å². The van der Waals surface area contributed by atoms with Gasteiger partial charge in [0.05, 0.1) is 0 Å². The van der Waals surface area contributed by atoms with E-state index in [1.165, 1.54) is 21.1 Å². The smallest absolute Gasteiger partial charge is 0.355 e. The Bertz CT molecular complexity index is 1040. The summed E-state index contributed by atoms with van der Waals surface area (Å²) in [6, 6.07) is 3.29. The number of nitrogens with zero attached hydrogens (tertiary/aromatic N) is 3. The number of Topliss-reactive ketones (excluding diaryl/α,β-unsaturated/α-hetero) is 1. The lowest BCUT2D eigenvalue weighted by Gasteiger charge is -2.17. The van der Waals surface area contributed by atoms with E-state index in [1.807, 2.05) is 27.7 Å². The van der Waals surface area contributed by atoms with Gasteiger partial charge in [0.2, 0.25) is 15.8 Å². The first-order chi connectivity index (χ1) is 13.9. The standard InChI is InChI=1S/C21H31N3O5S/c1-8-23(9-2)30(27,28)17-11-19(22(7)12-17)21(26)29-13-20(25)18-10-15(5)24(14(3)4)16(18)6/h10-12,14H,8-9,13H2,1-7H3. The highest BCUT2D eigenvalue weighted by atomic mass is 32.2. The number of ether oxygens (including phenoxy) is 1. The topological polar surface area (TPSA) is 90.6 Å². The highest BCUT2D eigenvalue weighted by molar-refractivity contribution is 7.89. The number of hydrogen-bond donors (Lipinski definition) is 0. The Balaban J connectivity index is 2.17. The van der Waals surface area contributed by atoms with E-state index in [-0.39, 0.29) is 22.4 Å². The van der Waals surface area contributed by atoms with Gasteiger partial charge in [0.25, 0.3) is 0 Å². The van der Waals surface area contributed by atoms with Crippen LogP contribution in [0.3, 0.4) is 0 Å². The number of carbonyl (C=O) groups is 2. The van der Waals surface area contributed by atoms with E-state index in [9.17, 15) is 18.0 Å². The molecule has 30 heavy (non-hydrogen) atoms. The van der Waals surface area contributed by atoms with Crippen molar-refractivity contribution in [3.63, 3.8) is 0 Å². The molecule has 2 aromatic rings. The summed E-state index contributed by atoms with van der Waals surface area (Å²) in [4.78, 5) is 25.1. The van der Waals surface area contributed by atoms with Gasteiger partial charge >= 0.3 is 5.97 Å². The summed E-state index contributed by atoms with van der Waals surface area (Å²) < 4.78 is 35.3. The van der Waals surface area contributed by atoms with E-state index >= 15 is 0 Å². The van der Waals surface area contributed by atoms with Gasteiger partial charge in [-0.1, -0.05) is 13.8 Å². The van der Waals surface area contributed by atoms with Crippen molar-refractivity contribution < 1.29 is 22.7 Å². The number of aryl methyl sites for hydroxylation is 2. The molecule has 0 amide bonds. The zero-order valence-corrected chi connectivity index (χ0v) is 19.5. The number of esters is 1. The molecule has 0 aliphatic heterocycles. The second-order valence-electron chi connectivity index (χ2n) is 7.51. The zero-order valence-electron chi connectivity index (χ0n) is 18.7. The summed E-state index contributed by atoms with van der Waals surface area (Å²) in [5, 5.41) is 0. The van der Waals surface area contributed by atoms with Crippen LogP contribution >= 0.6 is 0 Å². The van der Waals surface area contributed by atoms with Crippen molar-refractivity contribution in [3.05, 3.63) is 41.0 Å². The lowest BCUT2D eigenvalue weighted by Crippen LogP contribution is -2.30. The van der Waals surface area contributed by atoms with Crippen LogP contribution in [0.2, 0.25) is 0 Å². The Hall–Kier alpha value is -2.39. The fourth-order valence-electron chi connectivity index (χ4n) is 3.73. The minimum Gasteiger partial charge on any atom is -0.453 e. The Kier molecular flexibility index (Phi) is 7.31. The van der Waals surface area contributed by atoms with Crippen LogP contribution in [-0.4, -0.2) is 53.3 Å². The summed E-state index contributed by atoms with van der Waals surface area (Å²) in [6.45, 7) is 11.6. The minimum absolute atomic E-state index is 0.0208. The predicted molar refractivity (Wildman–Crippen MR) is 114 cm³/mol. The van der Waals surface area contributed by atoms with E-state index < -0.39 is 22.6 Å². The molecule has 166 valence electrons. The van der Waals surface area contributed by atoms with Crippen LogP contribution in [0.4, 0.5) is 0 Å². The normalized spacial score (nSPS) is 12.0. The van der Waals surface area contributed by atoms with Crippen molar-refractivity contribution in [2.75, 3.05) is 19.7 Å². The molecular formula is C21H31N3O5S. The first-order valence-corrected chi connectivity index (χ1v) is 11.4. The first-order valence-electron chi connectivity index (χ1n) is 10.0. The van der Waals surface area contributed by atoms with Crippen molar-refractivity contribution >= 4 is 21.8 Å². The molecule has 9 heteroatoms. The van der Waals surface area contributed by atoms with Gasteiger partial charge in [0, 0.05) is 49.3 Å². The molecule has 0 N–H and O–H groups in total. The molecule has 8 nitrogen and oxygen atoms in total. The highest BCUT2D eigenvalue weighted by Crippen LogP contribution is 2.22. The zero-order chi connectivity index (χ0) is 22.8. The molecule has 0 fully saturated rings. The van der Waals surface area contributed by atoms with Crippen LogP contribution in [0.15, 0.2) is 23.2 Å². The first kappa shape index (κ1) is 23.9. The van der Waals surface area contributed by atoms with E-state index in [2.05, 4.69) is 4.57 Å². The summed E-state index contributed by atoms with van der Waals surface area (Å²) in [5.41, 5.74) is 2.38. The number of sulfonamides is 1. The van der Waals surface area contributed by atoms with E-state index in [0.717, 1.165) is 11.4 Å². The summed E-state index contributed by atoms with van der Waals surface area (Å²) in [7, 11) is -2.13. The Morgan fingerprint density at radius 3 is 2.23 bits per heavy atom. The molecule has 0 bridgehead atoms. The van der Waals surface area contributed by atoms with Gasteiger partial charge in [-0.05, 0) is 39.8 Å². The lowest BCUT2D eigenvalue weighted by molar-refractivity contribution is 0.0465. The number of rotatable bonds is 9. The molecule has 0 spiro atoms. The van der Waals surface area contributed by atoms with Gasteiger partial charge in [-0.25, -0.2) is 13.2 Å². The molecule has 0 radical (unpaired) electrons. The fraction of sp³-hybridized carbons (Fsp3) is 0.524. The molecule has 2 heterocycles. The average Bonchev–Trinajstić information content (AvgIpc) is 3.20. The van der Waals surface area contributed by atoms with Crippen molar-refractivity contribution in [2.24, 2.45) is 7.05 Å². The van der Waals surface area contributed by atoms with Crippen LogP contribution < -0.4 is 0 Å². The summed E-state index contributed by atoms with van der Waals surface area (Å²) in [5.74, 6) is -1.04. The van der Waals surface area contributed by atoms with E-state index in [0.29, 0.717) is 18.7 Å². The summed E-state index contributed by atoms with van der Waals surface area (Å²) in [6.07, 6.45) is 1.38. The van der Waals surface area contributed by atoms with E-state index in [4.69, 9.17) is 4.74 Å². The van der Waals surface area contributed by atoms with Gasteiger partial charge in [-0.15, -0.1) is 0 Å². The van der Waals surface area contributed by atoms with Gasteiger partial charge in [0.15, 0.2) is 6.61 Å². The van der Waals surface area contributed by atoms with Crippen LogP contribution in [0, 0.1) is 13.8 Å². The molecule has 0 aliphatic rings. The fourth-order valence-corrected chi connectivity index (χ4v) is 5.26. The van der Waals surface area contributed by atoms with Crippen LogP contribution in [0.5, 0.6) is 0 Å². The Labute approximate surface area is 178 Å². The maximum Gasteiger partial charge on any atom is 0.355 e. The minimum atomic E-state index is -3.69. The summed E-state index contributed by atoms with van der Waals surface area (Å²) >= 11 is 0. The molecule has 2 aromatic heterocycles. The van der Waals surface area contributed by atoms with E-state index in [1.54, 1.807) is 27.0 Å². The SMILES string of the molecule is CCN(CC)S(=O)(=O)c1cc(C(=O)OCC(=O)c2cc(C)n(C(C)C)c2C)n(C)c1. The third kappa shape index (κ3) is 4.52.